The van der Waals surface area contributed by atoms with Crippen molar-refractivity contribution in [2.24, 2.45) is 4.99 Å². The van der Waals surface area contributed by atoms with Gasteiger partial charge in [0.2, 0.25) is 5.89 Å². The van der Waals surface area contributed by atoms with Crippen LogP contribution in [-0.2, 0) is 19.4 Å². The molecule has 0 amide bonds. The minimum atomic E-state index is 0. The van der Waals surface area contributed by atoms with Crippen LogP contribution in [0.25, 0.3) is 11.5 Å². The zero-order valence-corrected chi connectivity index (χ0v) is 21.1. The van der Waals surface area contributed by atoms with Crippen LogP contribution in [0, 0.1) is 13.8 Å². The topological polar surface area (TPSA) is 75.3 Å². The van der Waals surface area contributed by atoms with E-state index in [0.717, 1.165) is 43.1 Å². The van der Waals surface area contributed by atoms with E-state index in [0.29, 0.717) is 12.4 Å². The highest BCUT2D eigenvalue weighted by Gasteiger charge is 2.08. The van der Waals surface area contributed by atoms with Gasteiger partial charge in [-0.25, -0.2) is 15.0 Å². The fourth-order valence-corrected chi connectivity index (χ4v) is 3.94. The highest BCUT2D eigenvalue weighted by atomic mass is 127. The van der Waals surface area contributed by atoms with Crippen LogP contribution in [0.2, 0.25) is 0 Å². The molecule has 0 unspecified atom stereocenters. The van der Waals surface area contributed by atoms with Crippen LogP contribution >= 0.6 is 35.3 Å². The Hall–Kier alpha value is -1.94. The Morgan fingerprint density at radius 2 is 1.87 bits per heavy atom. The Balaban J connectivity index is 0.00000320. The van der Waals surface area contributed by atoms with Gasteiger partial charge in [0, 0.05) is 30.0 Å². The highest BCUT2D eigenvalue weighted by molar-refractivity contribution is 14.0. The minimum absolute atomic E-state index is 0. The van der Waals surface area contributed by atoms with E-state index in [1.807, 2.05) is 12.1 Å². The predicted octanol–water partition coefficient (Wildman–Crippen LogP) is 4.89. The summed E-state index contributed by atoms with van der Waals surface area (Å²) < 4.78 is 5.62. The fraction of sp³-hybridized carbons (Fsp3) is 0.409. The number of nitrogens with one attached hydrogen (secondary N) is 2. The fourth-order valence-electron chi connectivity index (χ4n) is 2.92. The normalized spacial score (nSPS) is 11.3. The summed E-state index contributed by atoms with van der Waals surface area (Å²) >= 11 is 1.78. The number of hydrogen-bond donors (Lipinski definition) is 2. The molecule has 3 rings (SSSR count). The third-order valence-corrected chi connectivity index (χ3v) is 5.57. The van der Waals surface area contributed by atoms with Crippen LogP contribution in [0.15, 0.2) is 39.9 Å². The Morgan fingerprint density at radius 1 is 1.10 bits per heavy atom. The van der Waals surface area contributed by atoms with E-state index >= 15 is 0 Å². The van der Waals surface area contributed by atoms with Gasteiger partial charge >= 0.3 is 0 Å². The molecule has 0 saturated heterocycles. The standard InChI is InChI=1S/C22H29N5OS.HI/c1-5-19-16(4)29-20(27-19)11-12-24-22(23-6-2)25-13-18-14-28-21(26-18)17-9-7-15(3)8-10-17;/h7-10,14H,5-6,11-13H2,1-4H3,(H2,23,24,25);1H. The number of aryl methyl sites for hydroxylation is 3. The van der Waals surface area contributed by atoms with Crippen molar-refractivity contribution >= 4 is 41.3 Å². The van der Waals surface area contributed by atoms with Crippen molar-refractivity contribution in [1.29, 1.82) is 0 Å². The van der Waals surface area contributed by atoms with E-state index in [4.69, 9.17) is 9.40 Å². The van der Waals surface area contributed by atoms with Gasteiger partial charge in [0.05, 0.1) is 17.2 Å². The van der Waals surface area contributed by atoms with E-state index in [-0.39, 0.29) is 24.0 Å². The van der Waals surface area contributed by atoms with Gasteiger partial charge in [-0.3, -0.25) is 0 Å². The largest absolute Gasteiger partial charge is 0.444 e. The molecular formula is C22H30IN5OS. The zero-order valence-electron chi connectivity index (χ0n) is 18.0. The average molecular weight is 539 g/mol. The summed E-state index contributed by atoms with van der Waals surface area (Å²) in [6.45, 7) is 10.5. The number of thiazole rings is 1. The molecule has 3 aromatic rings. The molecular weight excluding hydrogens is 509 g/mol. The van der Waals surface area contributed by atoms with Crippen molar-refractivity contribution in [3.8, 4) is 11.5 Å². The summed E-state index contributed by atoms with van der Waals surface area (Å²) in [4.78, 5) is 15.2. The maximum Gasteiger partial charge on any atom is 0.226 e. The van der Waals surface area contributed by atoms with Gasteiger partial charge in [0.1, 0.15) is 12.0 Å². The van der Waals surface area contributed by atoms with Crippen molar-refractivity contribution in [2.45, 2.75) is 47.1 Å². The number of oxazole rings is 1. The number of rotatable bonds is 8. The summed E-state index contributed by atoms with van der Waals surface area (Å²) in [5, 5.41) is 7.82. The molecule has 2 heterocycles. The molecule has 162 valence electrons. The van der Waals surface area contributed by atoms with Crippen molar-refractivity contribution in [3.63, 3.8) is 0 Å². The number of guanidine groups is 1. The summed E-state index contributed by atoms with van der Waals surface area (Å²) in [5.41, 5.74) is 4.20. The molecule has 2 N–H and O–H groups in total. The van der Waals surface area contributed by atoms with E-state index < -0.39 is 0 Å². The van der Waals surface area contributed by atoms with Gasteiger partial charge in [0.25, 0.3) is 0 Å². The Morgan fingerprint density at radius 3 is 2.53 bits per heavy atom. The quantitative estimate of drug-likeness (QED) is 0.242. The van der Waals surface area contributed by atoms with Gasteiger partial charge in [-0.05, 0) is 39.3 Å². The van der Waals surface area contributed by atoms with Crippen molar-refractivity contribution in [2.75, 3.05) is 13.1 Å². The van der Waals surface area contributed by atoms with E-state index in [9.17, 15) is 0 Å². The first-order chi connectivity index (χ1) is 14.1. The van der Waals surface area contributed by atoms with Crippen LogP contribution in [0.1, 0.15) is 40.7 Å². The van der Waals surface area contributed by atoms with Crippen molar-refractivity contribution < 1.29 is 4.42 Å². The van der Waals surface area contributed by atoms with Crippen molar-refractivity contribution in [1.82, 2.24) is 20.6 Å². The first-order valence-electron chi connectivity index (χ1n) is 10.1. The minimum Gasteiger partial charge on any atom is -0.444 e. The van der Waals surface area contributed by atoms with Crippen LogP contribution in [0.3, 0.4) is 0 Å². The maximum atomic E-state index is 5.62. The molecule has 30 heavy (non-hydrogen) atoms. The highest BCUT2D eigenvalue weighted by Crippen LogP contribution is 2.19. The van der Waals surface area contributed by atoms with E-state index in [1.54, 1.807) is 17.6 Å². The monoisotopic (exact) mass is 539 g/mol. The van der Waals surface area contributed by atoms with Crippen LogP contribution < -0.4 is 10.6 Å². The lowest BCUT2D eigenvalue weighted by molar-refractivity contribution is 0.572. The zero-order chi connectivity index (χ0) is 20.6. The smallest absolute Gasteiger partial charge is 0.226 e. The molecule has 0 saturated carbocycles. The molecule has 0 fully saturated rings. The number of aliphatic imine (C=N–C) groups is 1. The molecule has 0 atom stereocenters. The van der Waals surface area contributed by atoms with Crippen LogP contribution in [0.5, 0.6) is 0 Å². The first-order valence-corrected chi connectivity index (χ1v) is 10.9. The maximum absolute atomic E-state index is 5.62. The number of halogens is 1. The van der Waals surface area contributed by atoms with E-state index in [1.165, 1.54) is 21.1 Å². The van der Waals surface area contributed by atoms with Crippen LogP contribution in [0.4, 0.5) is 0 Å². The average Bonchev–Trinajstić information content (AvgIpc) is 3.33. The Labute approximate surface area is 199 Å². The van der Waals surface area contributed by atoms with E-state index in [2.05, 4.69) is 60.4 Å². The van der Waals surface area contributed by atoms with Gasteiger partial charge in [-0.15, -0.1) is 35.3 Å². The predicted molar refractivity (Wildman–Crippen MR) is 135 cm³/mol. The second kappa shape index (κ2) is 12.0. The van der Waals surface area contributed by atoms with Crippen LogP contribution in [-0.4, -0.2) is 29.0 Å². The molecule has 0 aliphatic rings. The Bertz CT molecular complexity index is 949. The molecule has 0 radical (unpaired) electrons. The summed E-state index contributed by atoms with van der Waals surface area (Å²) in [7, 11) is 0. The lowest BCUT2D eigenvalue weighted by Crippen LogP contribution is -2.38. The second-order valence-corrected chi connectivity index (χ2v) is 8.13. The van der Waals surface area contributed by atoms with Gasteiger partial charge < -0.3 is 15.1 Å². The molecule has 2 aromatic heterocycles. The number of nitrogens with zero attached hydrogens (tertiary/aromatic N) is 3. The third kappa shape index (κ3) is 6.80. The number of hydrogen-bond acceptors (Lipinski definition) is 5. The Kier molecular flexibility index (Phi) is 9.77. The first kappa shape index (κ1) is 24.3. The molecule has 6 nitrogen and oxygen atoms in total. The molecule has 1 aromatic carbocycles. The summed E-state index contributed by atoms with van der Waals surface area (Å²) in [6, 6.07) is 8.14. The lowest BCUT2D eigenvalue weighted by atomic mass is 10.1. The molecule has 0 aliphatic heterocycles. The summed E-state index contributed by atoms with van der Waals surface area (Å²) in [5.74, 6) is 1.40. The van der Waals surface area contributed by atoms with Gasteiger partial charge in [0.15, 0.2) is 5.96 Å². The lowest BCUT2D eigenvalue weighted by Gasteiger charge is -2.10. The molecule has 0 spiro atoms. The molecule has 0 bridgehead atoms. The van der Waals surface area contributed by atoms with Crippen molar-refractivity contribution in [3.05, 3.63) is 57.4 Å². The van der Waals surface area contributed by atoms with Gasteiger partial charge in [-0.2, -0.15) is 0 Å². The summed E-state index contributed by atoms with van der Waals surface area (Å²) in [6.07, 6.45) is 3.55. The number of aromatic nitrogens is 2. The number of benzene rings is 1. The molecule has 8 heteroatoms. The van der Waals surface area contributed by atoms with Gasteiger partial charge in [-0.1, -0.05) is 24.6 Å². The molecule has 0 aliphatic carbocycles. The third-order valence-electron chi connectivity index (χ3n) is 4.50. The SMILES string of the molecule is CCNC(=NCc1coc(-c2ccc(C)cc2)n1)NCCc1nc(CC)c(C)s1.I. The second-order valence-electron chi connectivity index (χ2n) is 6.85.